The summed E-state index contributed by atoms with van der Waals surface area (Å²) < 4.78 is 0. The minimum atomic E-state index is 0. The van der Waals surface area contributed by atoms with Crippen molar-refractivity contribution in [2.75, 3.05) is 39.8 Å². The van der Waals surface area contributed by atoms with Gasteiger partial charge in [-0.25, -0.2) is 0 Å². The van der Waals surface area contributed by atoms with Crippen molar-refractivity contribution in [3.8, 4) is 0 Å². The second-order valence-corrected chi connectivity index (χ2v) is 5.80. The van der Waals surface area contributed by atoms with Crippen LogP contribution in [0.1, 0.15) is 16.7 Å². The van der Waals surface area contributed by atoms with E-state index in [-0.39, 0.29) is 18.3 Å². The summed E-state index contributed by atoms with van der Waals surface area (Å²) in [6.07, 6.45) is 0. The molecule has 0 saturated carbocycles. The molecule has 118 valence electrons. The fourth-order valence-electron chi connectivity index (χ4n) is 2.77. The Morgan fingerprint density at radius 1 is 1.19 bits per heavy atom. The molecule has 0 spiro atoms. The lowest BCUT2D eigenvalue weighted by Gasteiger charge is -2.29. The molecule has 5 heteroatoms. The van der Waals surface area contributed by atoms with Crippen LogP contribution in [0.25, 0.3) is 0 Å². The standard InChI is InChI=1S/C16H25N3O.ClH/c1-13-8-14(2)10-15(9-13)11-18(3)12-16(20)19-6-4-17-5-7-19;/h8-10,17H,4-7,11-12H2,1-3H3;1H. The fourth-order valence-corrected chi connectivity index (χ4v) is 2.77. The maximum atomic E-state index is 12.2. The number of piperazine rings is 1. The molecule has 1 aliphatic rings. The number of rotatable bonds is 4. The Kier molecular flexibility index (Phi) is 7.15. The van der Waals surface area contributed by atoms with E-state index < -0.39 is 0 Å². The first-order valence-corrected chi connectivity index (χ1v) is 7.29. The molecule has 0 radical (unpaired) electrons. The molecule has 0 atom stereocenters. The van der Waals surface area contributed by atoms with Gasteiger partial charge >= 0.3 is 0 Å². The molecule has 1 aliphatic heterocycles. The largest absolute Gasteiger partial charge is 0.339 e. The van der Waals surface area contributed by atoms with Crippen LogP contribution >= 0.6 is 12.4 Å². The lowest BCUT2D eigenvalue weighted by Crippen LogP contribution is -2.49. The zero-order valence-electron chi connectivity index (χ0n) is 13.2. The monoisotopic (exact) mass is 311 g/mol. The van der Waals surface area contributed by atoms with Gasteiger partial charge in [0.25, 0.3) is 0 Å². The third-order valence-electron chi connectivity index (χ3n) is 3.61. The van der Waals surface area contributed by atoms with Gasteiger partial charge in [-0.3, -0.25) is 9.69 Å². The maximum absolute atomic E-state index is 12.2. The average Bonchev–Trinajstić information content (AvgIpc) is 2.38. The highest BCUT2D eigenvalue weighted by Crippen LogP contribution is 2.11. The highest BCUT2D eigenvalue weighted by atomic mass is 35.5. The summed E-state index contributed by atoms with van der Waals surface area (Å²) >= 11 is 0. The number of carbonyl (C=O) groups excluding carboxylic acids is 1. The van der Waals surface area contributed by atoms with Crippen LogP contribution in [0.5, 0.6) is 0 Å². The van der Waals surface area contributed by atoms with Crippen LogP contribution in [-0.2, 0) is 11.3 Å². The Labute approximate surface area is 133 Å². The van der Waals surface area contributed by atoms with E-state index in [4.69, 9.17) is 0 Å². The normalized spacial score (nSPS) is 15.0. The van der Waals surface area contributed by atoms with E-state index in [0.717, 1.165) is 32.7 Å². The number of halogens is 1. The molecule has 0 aromatic heterocycles. The molecule has 1 fully saturated rings. The van der Waals surface area contributed by atoms with Gasteiger partial charge in [-0.05, 0) is 26.5 Å². The number of carbonyl (C=O) groups is 1. The summed E-state index contributed by atoms with van der Waals surface area (Å²) in [5.74, 6) is 0.235. The third-order valence-corrected chi connectivity index (χ3v) is 3.61. The molecule has 1 aromatic carbocycles. The summed E-state index contributed by atoms with van der Waals surface area (Å²) in [4.78, 5) is 16.2. The van der Waals surface area contributed by atoms with E-state index in [1.165, 1.54) is 16.7 Å². The highest BCUT2D eigenvalue weighted by Gasteiger charge is 2.17. The number of benzene rings is 1. The second kappa shape index (κ2) is 8.37. The average molecular weight is 312 g/mol. The molecule has 1 heterocycles. The smallest absolute Gasteiger partial charge is 0.236 e. The fraction of sp³-hybridized carbons (Fsp3) is 0.562. The Morgan fingerprint density at radius 3 is 2.33 bits per heavy atom. The molecule has 1 saturated heterocycles. The van der Waals surface area contributed by atoms with Crippen molar-refractivity contribution < 1.29 is 4.79 Å². The number of aryl methyl sites for hydroxylation is 2. The first-order valence-electron chi connectivity index (χ1n) is 7.29. The van der Waals surface area contributed by atoms with Gasteiger partial charge in [0.15, 0.2) is 0 Å². The Hall–Kier alpha value is -1.10. The van der Waals surface area contributed by atoms with Crippen LogP contribution in [0.3, 0.4) is 0 Å². The summed E-state index contributed by atoms with van der Waals surface area (Å²) in [6, 6.07) is 6.56. The van der Waals surface area contributed by atoms with Crippen molar-refractivity contribution in [2.45, 2.75) is 20.4 Å². The quantitative estimate of drug-likeness (QED) is 0.917. The highest BCUT2D eigenvalue weighted by molar-refractivity contribution is 5.85. The first-order chi connectivity index (χ1) is 9.54. The van der Waals surface area contributed by atoms with E-state index >= 15 is 0 Å². The summed E-state index contributed by atoms with van der Waals surface area (Å²) in [7, 11) is 2.01. The molecule has 21 heavy (non-hydrogen) atoms. The van der Waals surface area contributed by atoms with Crippen LogP contribution in [0.15, 0.2) is 18.2 Å². The molecule has 0 bridgehead atoms. The zero-order chi connectivity index (χ0) is 14.5. The molecule has 4 nitrogen and oxygen atoms in total. The van der Waals surface area contributed by atoms with Crippen LogP contribution in [0.4, 0.5) is 0 Å². The van der Waals surface area contributed by atoms with E-state index in [9.17, 15) is 4.79 Å². The van der Waals surface area contributed by atoms with Gasteiger partial charge in [-0.15, -0.1) is 12.4 Å². The maximum Gasteiger partial charge on any atom is 0.236 e. The van der Waals surface area contributed by atoms with E-state index in [1.54, 1.807) is 0 Å². The van der Waals surface area contributed by atoms with Crippen molar-refractivity contribution in [2.24, 2.45) is 0 Å². The van der Waals surface area contributed by atoms with Gasteiger partial charge in [0.1, 0.15) is 0 Å². The lowest BCUT2D eigenvalue weighted by molar-refractivity contribution is -0.132. The topological polar surface area (TPSA) is 35.6 Å². The first kappa shape index (κ1) is 18.0. The number of hydrogen-bond acceptors (Lipinski definition) is 3. The minimum Gasteiger partial charge on any atom is -0.339 e. The number of amides is 1. The third kappa shape index (κ3) is 5.65. The molecule has 2 rings (SSSR count). The van der Waals surface area contributed by atoms with Gasteiger partial charge in [0.2, 0.25) is 5.91 Å². The van der Waals surface area contributed by atoms with Crippen LogP contribution in [-0.4, -0.2) is 55.5 Å². The van der Waals surface area contributed by atoms with Crippen LogP contribution < -0.4 is 5.32 Å². The van der Waals surface area contributed by atoms with Gasteiger partial charge in [-0.2, -0.15) is 0 Å². The molecule has 1 N–H and O–H groups in total. The van der Waals surface area contributed by atoms with Crippen molar-refractivity contribution >= 4 is 18.3 Å². The van der Waals surface area contributed by atoms with Gasteiger partial charge in [0, 0.05) is 32.7 Å². The number of hydrogen-bond donors (Lipinski definition) is 1. The van der Waals surface area contributed by atoms with Gasteiger partial charge < -0.3 is 10.2 Å². The summed E-state index contributed by atoms with van der Waals surface area (Å²) in [6.45, 7) is 9.02. The Morgan fingerprint density at radius 2 is 1.76 bits per heavy atom. The summed E-state index contributed by atoms with van der Waals surface area (Å²) in [5.41, 5.74) is 3.83. The van der Waals surface area contributed by atoms with Crippen molar-refractivity contribution in [3.05, 3.63) is 34.9 Å². The number of nitrogens with one attached hydrogen (secondary N) is 1. The molecular weight excluding hydrogens is 286 g/mol. The van der Waals surface area contributed by atoms with Gasteiger partial charge in [0.05, 0.1) is 6.54 Å². The second-order valence-electron chi connectivity index (χ2n) is 5.80. The Balaban J connectivity index is 0.00000220. The number of likely N-dealkylation sites (N-methyl/N-ethyl adjacent to an activating group) is 1. The molecule has 1 amide bonds. The molecule has 0 unspecified atom stereocenters. The minimum absolute atomic E-state index is 0. The van der Waals surface area contributed by atoms with Gasteiger partial charge in [-0.1, -0.05) is 29.3 Å². The van der Waals surface area contributed by atoms with E-state index in [0.29, 0.717) is 6.54 Å². The van der Waals surface area contributed by atoms with Crippen LogP contribution in [0, 0.1) is 13.8 Å². The predicted octanol–water partition coefficient (Wildman–Crippen LogP) is 1.59. The number of nitrogens with zero attached hydrogens (tertiary/aromatic N) is 2. The van der Waals surface area contributed by atoms with Crippen molar-refractivity contribution in [1.29, 1.82) is 0 Å². The predicted molar refractivity (Wildman–Crippen MR) is 88.9 cm³/mol. The molecular formula is C16H26ClN3O. The molecule has 1 aromatic rings. The Bertz CT molecular complexity index is 452. The molecule has 0 aliphatic carbocycles. The summed E-state index contributed by atoms with van der Waals surface area (Å²) in [5, 5.41) is 3.27. The lowest BCUT2D eigenvalue weighted by atomic mass is 10.1. The zero-order valence-corrected chi connectivity index (χ0v) is 14.0. The SMILES string of the molecule is Cc1cc(C)cc(CN(C)CC(=O)N2CCNCC2)c1.Cl. The van der Waals surface area contributed by atoms with E-state index in [2.05, 4.69) is 42.3 Å². The van der Waals surface area contributed by atoms with Crippen LogP contribution in [0.2, 0.25) is 0 Å². The van der Waals surface area contributed by atoms with Crippen molar-refractivity contribution in [3.63, 3.8) is 0 Å². The van der Waals surface area contributed by atoms with Crippen molar-refractivity contribution in [1.82, 2.24) is 15.1 Å². The van der Waals surface area contributed by atoms with E-state index in [1.807, 2.05) is 11.9 Å².